The van der Waals surface area contributed by atoms with Crippen molar-refractivity contribution in [3.63, 3.8) is 0 Å². The summed E-state index contributed by atoms with van der Waals surface area (Å²) < 4.78 is 39.8. The van der Waals surface area contributed by atoms with Crippen molar-refractivity contribution < 1.29 is 17.6 Å². The SMILES string of the molecule is O=C(NC1CCNCC1)C1CCCN(S(=O)(=O)c2ccc(F)cc2)C1. The molecule has 3 rings (SSSR count). The lowest BCUT2D eigenvalue weighted by atomic mass is 9.97. The Morgan fingerprint density at radius 2 is 1.84 bits per heavy atom. The highest BCUT2D eigenvalue weighted by molar-refractivity contribution is 7.89. The van der Waals surface area contributed by atoms with Gasteiger partial charge in [0.15, 0.2) is 0 Å². The summed E-state index contributed by atoms with van der Waals surface area (Å²) in [6.07, 6.45) is 3.13. The lowest BCUT2D eigenvalue weighted by Crippen LogP contribution is -2.49. The van der Waals surface area contributed by atoms with E-state index in [0.29, 0.717) is 19.4 Å². The van der Waals surface area contributed by atoms with Crippen LogP contribution in [0.25, 0.3) is 0 Å². The zero-order valence-corrected chi connectivity index (χ0v) is 14.9. The molecule has 1 aromatic rings. The normalized spacial score (nSPS) is 23.3. The quantitative estimate of drug-likeness (QED) is 0.833. The van der Waals surface area contributed by atoms with Crippen molar-refractivity contribution in [2.45, 2.75) is 36.6 Å². The highest BCUT2D eigenvalue weighted by Crippen LogP contribution is 2.24. The van der Waals surface area contributed by atoms with E-state index >= 15 is 0 Å². The molecule has 0 bridgehead atoms. The van der Waals surface area contributed by atoms with Gasteiger partial charge in [0.05, 0.1) is 10.8 Å². The van der Waals surface area contributed by atoms with E-state index < -0.39 is 15.8 Å². The topological polar surface area (TPSA) is 78.5 Å². The van der Waals surface area contributed by atoms with Crippen molar-refractivity contribution in [3.05, 3.63) is 30.1 Å². The van der Waals surface area contributed by atoms with Crippen LogP contribution in [0.2, 0.25) is 0 Å². The van der Waals surface area contributed by atoms with E-state index in [1.165, 1.54) is 16.4 Å². The Bertz CT molecular complexity index is 702. The molecule has 2 saturated heterocycles. The number of piperidine rings is 2. The second kappa shape index (κ2) is 7.80. The zero-order chi connectivity index (χ0) is 17.9. The molecule has 0 spiro atoms. The fourth-order valence-electron chi connectivity index (χ4n) is 3.42. The van der Waals surface area contributed by atoms with Crippen LogP contribution in [0.15, 0.2) is 29.2 Å². The minimum absolute atomic E-state index is 0.0633. The van der Waals surface area contributed by atoms with Crippen molar-refractivity contribution in [3.8, 4) is 0 Å². The summed E-state index contributed by atoms with van der Waals surface area (Å²) in [5.41, 5.74) is 0. The molecule has 1 atom stereocenters. The third kappa shape index (κ3) is 4.37. The van der Waals surface area contributed by atoms with E-state index in [4.69, 9.17) is 0 Å². The van der Waals surface area contributed by atoms with Crippen LogP contribution >= 0.6 is 0 Å². The maximum Gasteiger partial charge on any atom is 0.243 e. The first kappa shape index (κ1) is 18.3. The first-order valence-electron chi connectivity index (χ1n) is 8.73. The summed E-state index contributed by atoms with van der Waals surface area (Å²) in [5.74, 6) is -0.874. The van der Waals surface area contributed by atoms with Gasteiger partial charge in [-0.2, -0.15) is 4.31 Å². The number of sulfonamides is 1. The smallest absolute Gasteiger partial charge is 0.243 e. The average Bonchev–Trinajstić information content (AvgIpc) is 2.63. The fraction of sp³-hybridized carbons (Fsp3) is 0.588. The average molecular weight is 369 g/mol. The van der Waals surface area contributed by atoms with E-state index in [1.54, 1.807) is 0 Å². The molecule has 2 heterocycles. The molecule has 2 fully saturated rings. The minimum Gasteiger partial charge on any atom is -0.353 e. The van der Waals surface area contributed by atoms with E-state index in [1.807, 2.05) is 0 Å². The molecule has 8 heteroatoms. The molecule has 0 aliphatic carbocycles. The highest BCUT2D eigenvalue weighted by Gasteiger charge is 2.34. The predicted octanol–water partition coefficient (Wildman–Crippen LogP) is 1.09. The van der Waals surface area contributed by atoms with Gasteiger partial charge in [0, 0.05) is 19.1 Å². The Morgan fingerprint density at radius 3 is 2.52 bits per heavy atom. The lowest BCUT2D eigenvalue weighted by Gasteiger charge is -2.33. The molecule has 138 valence electrons. The number of halogens is 1. The van der Waals surface area contributed by atoms with E-state index in [0.717, 1.165) is 38.1 Å². The van der Waals surface area contributed by atoms with Gasteiger partial charge in [0.1, 0.15) is 5.82 Å². The summed E-state index contributed by atoms with van der Waals surface area (Å²) in [6.45, 7) is 2.34. The largest absolute Gasteiger partial charge is 0.353 e. The van der Waals surface area contributed by atoms with Crippen molar-refractivity contribution in [2.75, 3.05) is 26.2 Å². The fourth-order valence-corrected chi connectivity index (χ4v) is 4.94. The van der Waals surface area contributed by atoms with Gasteiger partial charge in [-0.25, -0.2) is 12.8 Å². The van der Waals surface area contributed by atoms with Crippen molar-refractivity contribution in [1.29, 1.82) is 0 Å². The van der Waals surface area contributed by atoms with E-state index in [-0.39, 0.29) is 29.3 Å². The number of hydrogen-bond donors (Lipinski definition) is 2. The predicted molar refractivity (Wildman–Crippen MR) is 91.9 cm³/mol. The number of hydrogen-bond acceptors (Lipinski definition) is 4. The Morgan fingerprint density at radius 1 is 1.16 bits per heavy atom. The molecular formula is C17H24FN3O3S. The molecule has 25 heavy (non-hydrogen) atoms. The molecule has 6 nitrogen and oxygen atoms in total. The monoisotopic (exact) mass is 369 g/mol. The van der Waals surface area contributed by atoms with Crippen LogP contribution in [-0.2, 0) is 14.8 Å². The number of carbonyl (C=O) groups is 1. The highest BCUT2D eigenvalue weighted by atomic mass is 32.2. The molecule has 1 amide bonds. The Kier molecular flexibility index (Phi) is 5.71. The van der Waals surface area contributed by atoms with Crippen molar-refractivity contribution in [2.24, 2.45) is 5.92 Å². The summed E-state index contributed by atoms with van der Waals surface area (Å²) >= 11 is 0. The van der Waals surface area contributed by atoms with E-state index in [2.05, 4.69) is 10.6 Å². The number of carbonyl (C=O) groups excluding carboxylic acids is 1. The summed E-state index contributed by atoms with van der Waals surface area (Å²) in [6, 6.07) is 4.97. The maximum atomic E-state index is 13.0. The summed E-state index contributed by atoms with van der Waals surface area (Å²) in [4.78, 5) is 12.6. The molecule has 0 saturated carbocycles. The molecule has 1 aromatic carbocycles. The van der Waals surface area contributed by atoms with Gasteiger partial charge >= 0.3 is 0 Å². The van der Waals surface area contributed by atoms with Crippen LogP contribution in [-0.4, -0.2) is 50.9 Å². The summed E-state index contributed by atoms with van der Waals surface area (Å²) in [7, 11) is -3.70. The van der Waals surface area contributed by atoms with Crippen LogP contribution in [0.5, 0.6) is 0 Å². The van der Waals surface area contributed by atoms with Gasteiger partial charge in [-0.15, -0.1) is 0 Å². The van der Waals surface area contributed by atoms with Crippen LogP contribution in [0.3, 0.4) is 0 Å². The zero-order valence-electron chi connectivity index (χ0n) is 14.1. The van der Waals surface area contributed by atoms with Gasteiger partial charge in [0.2, 0.25) is 15.9 Å². The third-order valence-corrected chi connectivity index (χ3v) is 6.77. The number of amides is 1. The molecule has 2 aliphatic rings. The first-order chi connectivity index (χ1) is 12.0. The van der Waals surface area contributed by atoms with Crippen LogP contribution < -0.4 is 10.6 Å². The number of rotatable bonds is 4. The molecular weight excluding hydrogens is 345 g/mol. The Labute approximate surface area is 147 Å². The van der Waals surface area contributed by atoms with E-state index in [9.17, 15) is 17.6 Å². The maximum absolute atomic E-state index is 13.0. The van der Waals surface area contributed by atoms with Crippen molar-refractivity contribution >= 4 is 15.9 Å². The van der Waals surface area contributed by atoms with Gasteiger partial charge in [0.25, 0.3) is 0 Å². The molecule has 1 unspecified atom stereocenters. The van der Waals surface area contributed by atoms with Crippen LogP contribution in [0.4, 0.5) is 4.39 Å². The Hall–Kier alpha value is -1.51. The standard InChI is InChI=1S/C17H24FN3O3S/c18-14-3-5-16(6-4-14)25(23,24)21-11-1-2-13(12-21)17(22)20-15-7-9-19-10-8-15/h3-6,13,15,19H,1-2,7-12H2,(H,20,22). The summed E-state index contributed by atoms with van der Waals surface area (Å²) in [5, 5.41) is 6.31. The molecule has 2 aliphatic heterocycles. The first-order valence-corrected chi connectivity index (χ1v) is 10.2. The van der Waals surface area contributed by atoms with Gasteiger partial charge in [-0.3, -0.25) is 4.79 Å². The Balaban J connectivity index is 1.65. The minimum atomic E-state index is -3.70. The van der Waals surface area contributed by atoms with Gasteiger partial charge < -0.3 is 10.6 Å². The third-order valence-electron chi connectivity index (χ3n) is 4.89. The lowest BCUT2D eigenvalue weighted by molar-refractivity contribution is -0.127. The van der Waals surface area contributed by atoms with Crippen molar-refractivity contribution in [1.82, 2.24) is 14.9 Å². The number of nitrogens with one attached hydrogen (secondary N) is 2. The van der Waals surface area contributed by atoms with Crippen LogP contribution in [0, 0.1) is 11.7 Å². The van der Waals surface area contributed by atoms with Crippen LogP contribution in [0.1, 0.15) is 25.7 Å². The molecule has 0 aromatic heterocycles. The molecule has 2 N–H and O–H groups in total. The number of benzene rings is 1. The van der Waals surface area contributed by atoms with Gasteiger partial charge in [-0.1, -0.05) is 0 Å². The van der Waals surface area contributed by atoms with Gasteiger partial charge in [-0.05, 0) is 63.0 Å². The number of nitrogens with zero attached hydrogens (tertiary/aromatic N) is 1. The second-order valence-electron chi connectivity index (χ2n) is 6.69. The molecule has 0 radical (unpaired) electrons. The second-order valence-corrected chi connectivity index (χ2v) is 8.63.